The highest BCUT2D eigenvalue weighted by atomic mass is 16.3. The van der Waals surface area contributed by atoms with E-state index in [2.05, 4.69) is 15.5 Å². The molecule has 0 aliphatic carbocycles. The molecule has 7 heteroatoms. The van der Waals surface area contributed by atoms with Crippen LogP contribution in [0.3, 0.4) is 0 Å². The van der Waals surface area contributed by atoms with Crippen molar-refractivity contribution < 1.29 is 19.6 Å². The van der Waals surface area contributed by atoms with E-state index >= 15 is 0 Å². The number of benzene rings is 2. The molecule has 0 bridgehead atoms. The number of rotatable bonds is 6. The molecule has 3 rings (SSSR count). The number of hydrogen-bond donors (Lipinski definition) is 4. The first-order valence-electron chi connectivity index (χ1n) is 10.4. The third-order valence-electron chi connectivity index (χ3n) is 5.79. The summed E-state index contributed by atoms with van der Waals surface area (Å²) in [6, 6.07) is 12.8. The molecule has 0 radical (unpaired) electrons. The second kappa shape index (κ2) is 9.63. The van der Waals surface area contributed by atoms with E-state index < -0.39 is 0 Å². The average molecular weight is 412 g/mol. The fourth-order valence-corrected chi connectivity index (χ4v) is 3.85. The summed E-state index contributed by atoms with van der Waals surface area (Å²) in [5.74, 6) is -0.0743. The summed E-state index contributed by atoms with van der Waals surface area (Å²) < 4.78 is 0. The molecular formula is C23H31N4O3+. The molecule has 1 aliphatic heterocycles. The van der Waals surface area contributed by atoms with Crippen molar-refractivity contribution >= 4 is 23.2 Å². The second-order valence-corrected chi connectivity index (χ2v) is 7.92. The Kier molecular flexibility index (Phi) is 6.95. The van der Waals surface area contributed by atoms with Crippen LogP contribution in [-0.4, -0.2) is 55.7 Å². The number of aryl methyl sites for hydroxylation is 2. The summed E-state index contributed by atoms with van der Waals surface area (Å²) in [4.78, 5) is 28.3. The number of hydrogen-bond acceptors (Lipinski definition) is 4. The molecule has 1 heterocycles. The SMILES string of the molecule is Cc1cccc(C)c1NC(=O)CNC(=O)[C@@H](C)[NH+]1CCN(c2ccc(O)cc2)CC1. The molecule has 160 valence electrons. The predicted octanol–water partition coefficient (Wildman–Crippen LogP) is 0.857. The first-order valence-corrected chi connectivity index (χ1v) is 10.4. The smallest absolute Gasteiger partial charge is 0.278 e. The van der Waals surface area contributed by atoms with E-state index in [0.29, 0.717) is 0 Å². The van der Waals surface area contributed by atoms with Gasteiger partial charge in [-0.1, -0.05) is 18.2 Å². The molecule has 0 aromatic heterocycles. The molecule has 1 atom stereocenters. The maximum Gasteiger partial charge on any atom is 0.278 e. The minimum Gasteiger partial charge on any atom is -0.508 e. The lowest BCUT2D eigenvalue weighted by atomic mass is 10.1. The second-order valence-electron chi connectivity index (χ2n) is 7.92. The molecule has 7 nitrogen and oxygen atoms in total. The molecule has 2 aromatic carbocycles. The molecular weight excluding hydrogens is 380 g/mol. The zero-order valence-corrected chi connectivity index (χ0v) is 17.9. The molecule has 0 spiro atoms. The van der Waals surface area contributed by atoms with Crippen LogP contribution in [-0.2, 0) is 9.59 Å². The van der Waals surface area contributed by atoms with Crippen molar-refractivity contribution in [2.45, 2.75) is 26.8 Å². The van der Waals surface area contributed by atoms with Crippen LogP contribution >= 0.6 is 0 Å². The van der Waals surface area contributed by atoms with Crippen molar-refractivity contribution in [2.75, 3.05) is 42.9 Å². The van der Waals surface area contributed by atoms with E-state index in [9.17, 15) is 14.7 Å². The molecule has 30 heavy (non-hydrogen) atoms. The number of phenolic OH excluding ortho intramolecular Hbond substituents is 1. The van der Waals surface area contributed by atoms with Gasteiger partial charge in [-0.2, -0.15) is 0 Å². The lowest BCUT2D eigenvalue weighted by Gasteiger charge is -2.36. The Morgan fingerprint density at radius 1 is 1.07 bits per heavy atom. The number of nitrogens with zero attached hydrogens (tertiary/aromatic N) is 1. The predicted molar refractivity (Wildman–Crippen MR) is 118 cm³/mol. The Morgan fingerprint density at radius 3 is 2.27 bits per heavy atom. The van der Waals surface area contributed by atoms with Crippen molar-refractivity contribution in [1.82, 2.24) is 5.32 Å². The lowest BCUT2D eigenvalue weighted by molar-refractivity contribution is -0.914. The zero-order valence-electron chi connectivity index (χ0n) is 17.9. The van der Waals surface area contributed by atoms with Gasteiger partial charge in [-0.3, -0.25) is 9.59 Å². The van der Waals surface area contributed by atoms with Gasteiger partial charge < -0.3 is 25.5 Å². The highest BCUT2D eigenvalue weighted by molar-refractivity contribution is 5.96. The fourth-order valence-electron chi connectivity index (χ4n) is 3.85. The molecule has 1 fully saturated rings. The normalized spacial score (nSPS) is 15.5. The topological polar surface area (TPSA) is 86.1 Å². The number of amides is 2. The standard InChI is InChI=1S/C23H30N4O3/c1-16-5-4-6-17(2)22(16)25-21(29)15-24-23(30)18(3)26-11-13-27(14-12-26)19-7-9-20(28)10-8-19/h4-10,18,28H,11-15H2,1-3H3,(H,24,30)(H,25,29)/p+1/t18-/m1/s1. The zero-order chi connectivity index (χ0) is 21.7. The Morgan fingerprint density at radius 2 is 1.67 bits per heavy atom. The number of para-hydroxylation sites is 1. The molecule has 2 aromatic rings. The van der Waals surface area contributed by atoms with Crippen LogP contribution in [0.25, 0.3) is 0 Å². The minimum atomic E-state index is -0.222. The Bertz CT molecular complexity index is 870. The van der Waals surface area contributed by atoms with Gasteiger partial charge in [0.25, 0.3) is 5.91 Å². The first-order chi connectivity index (χ1) is 14.3. The maximum absolute atomic E-state index is 12.6. The maximum atomic E-state index is 12.6. The highest BCUT2D eigenvalue weighted by Crippen LogP contribution is 2.19. The summed E-state index contributed by atoms with van der Waals surface area (Å²) in [6.45, 7) is 9.12. The van der Waals surface area contributed by atoms with Crippen LogP contribution in [0.1, 0.15) is 18.1 Å². The van der Waals surface area contributed by atoms with Gasteiger partial charge in [0.15, 0.2) is 6.04 Å². The van der Waals surface area contributed by atoms with Crippen LogP contribution in [0.4, 0.5) is 11.4 Å². The number of carbonyl (C=O) groups excluding carboxylic acids is 2. The number of anilines is 2. The number of phenols is 1. The van der Waals surface area contributed by atoms with Gasteiger partial charge in [0.2, 0.25) is 5.91 Å². The molecule has 1 aliphatic rings. The summed E-state index contributed by atoms with van der Waals surface area (Å²) in [5.41, 5.74) is 3.88. The van der Waals surface area contributed by atoms with Gasteiger partial charge in [0.05, 0.1) is 32.7 Å². The Hall–Kier alpha value is -3.06. The van der Waals surface area contributed by atoms with Crippen LogP contribution in [0.5, 0.6) is 5.75 Å². The third-order valence-corrected chi connectivity index (χ3v) is 5.79. The van der Waals surface area contributed by atoms with E-state index in [0.717, 1.165) is 48.7 Å². The number of piperazine rings is 1. The van der Waals surface area contributed by atoms with Crippen molar-refractivity contribution in [3.8, 4) is 5.75 Å². The van der Waals surface area contributed by atoms with Gasteiger partial charge in [-0.15, -0.1) is 0 Å². The van der Waals surface area contributed by atoms with E-state index in [1.165, 1.54) is 4.90 Å². The molecule has 0 saturated carbocycles. The highest BCUT2D eigenvalue weighted by Gasteiger charge is 2.29. The van der Waals surface area contributed by atoms with Crippen LogP contribution < -0.4 is 20.4 Å². The summed E-state index contributed by atoms with van der Waals surface area (Å²) in [5, 5.41) is 15.1. The average Bonchev–Trinajstić information content (AvgIpc) is 2.75. The monoisotopic (exact) mass is 411 g/mol. The fraction of sp³-hybridized carbons (Fsp3) is 0.391. The van der Waals surface area contributed by atoms with Gasteiger partial charge in [0.1, 0.15) is 5.75 Å². The quantitative estimate of drug-likeness (QED) is 0.568. The van der Waals surface area contributed by atoms with Crippen LogP contribution in [0.15, 0.2) is 42.5 Å². The van der Waals surface area contributed by atoms with E-state index in [-0.39, 0.29) is 30.2 Å². The summed E-state index contributed by atoms with van der Waals surface area (Å²) >= 11 is 0. The number of carbonyl (C=O) groups is 2. The van der Waals surface area contributed by atoms with E-state index in [1.54, 1.807) is 12.1 Å². The van der Waals surface area contributed by atoms with Gasteiger partial charge in [0, 0.05) is 11.4 Å². The van der Waals surface area contributed by atoms with Crippen molar-refractivity contribution in [1.29, 1.82) is 0 Å². The van der Waals surface area contributed by atoms with Crippen LogP contribution in [0, 0.1) is 13.8 Å². The van der Waals surface area contributed by atoms with Gasteiger partial charge in [-0.05, 0) is 56.2 Å². The van der Waals surface area contributed by atoms with Gasteiger partial charge in [-0.25, -0.2) is 0 Å². The number of quaternary nitrogens is 1. The van der Waals surface area contributed by atoms with Gasteiger partial charge >= 0.3 is 0 Å². The lowest BCUT2D eigenvalue weighted by Crippen LogP contribution is -3.19. The molecule has 2 amide bonds. The largest absolute Gasteiger partial charge is 0.508 e. The molecule has 0 unspecified atom stereocenters. The van der Waals surface area contributed by atoms with Crippen molar-refractivity contribution in [3.05, 3.63) is 53.6 Å². The molecule has 1 saturated heterocycles. The number of aromatic hydroxyl groups is 1. The molecule has 4 N–H and O–H groups in total. The first kappa shape index (κ1) is 21.6. The Labute approximate surface area is 177 Å². The minimum absolute atomic E-state index is 0.0378. The number of nitrogens with one attached hydrogen (secondary N) is 3. The van der Waals surface area contributed by atoms with E-state index in [4.69, 9.17) is 0 Å². The van der Waals surface area contributed by atoms with Crippen molar-refractivity contribution in [2.24, 2.45) is 0 Å². The summed E-state index contributed by atoms with van der Waals surface area (Å²) in [7, 11) is 0. The van der Waals surface area contributed by atoms with Crippen LogP contribution in [0.2, 0.25) is 0 Å². The third kappa shape index (κ3) is 5.30. The Balaban J connectivity index is 1.45. The van der Waals surface area contributed by atoms with Crippen molar-refractivity contribution in [3.63, 3.8) is 0 Å². The van der Waals surface area contributed by atoms with E-state index in [1.807, 2.05) is 51.1 Å². The summed E-state index contributed by atoms with van der Waals surface area (Å²) in [6.07, 6.45) is 0.